The number of benzene rings is 1. The first-order chi connectivity index (χ1) is 10.3. The third kappa shape index (κ3) is 3.88. The fourth-order valence-electron chi connectivity index (χ4n) is 2.06. The smallest absolute Gasteiger partial charge is 0.247 e. The molecule has 0 unspecified atom stereocenters. The van der Waals surface area contributed by atoms with E-state index in [0.717, 1.165) is 0 Å². The predicted molar refractivity (Wildman–Crippen MR) is 79.0 cm³/mol. The zero-order chi connectivity index (χ0) is 16.3. The second-order valence-corrected chi connectivity index (χ2v) is 6.09. The van der Waals surface area contributed by atoms with Gasteiger partial charge >= 0.3 is 0 Å². The van der Waals surface area contributed by atoms with Crippen molar-refractivity contribution < 1.29 is 13.6 Å². The number of aromatic nitrogens is 2. The van der Waals surface area contributed by atoms with Crippen LogP contribution in [0.1, 0.15) is 26.7 Å². The molecule has 1 atom stereocenters. The number of carbonyl (C=O) groups is 1. The van der Waals surface area contributed by atoms with Gasteiger partial charge in [0, 0.05) is 5.56 Å². The Morgan fingerprint density at radius 1 is 1.32 bits per heavy atom. The maximum Gasteiger partial charge on any atom is 0.247 e. The minimum absolute atomic E-state index is 0.221. The molecule has 1 aromatic carbocycles. The molecule has 0 saturated heterocycles. The van der Waals surface area contributed by atoms with Crippen molar-refractivity contribution in [1.82, 2.24) is 15.5 Å². The van der Waals surface area contributed by atoms with Gasteiger partial charge in [-0.3, -0.25) is 10.1 Å². The normalized spacial score (nSPS) is 13.1. The summed E-state index contributed by atoms with van der Waals surface area (Å²) in [5, 5.41) is 10.8. The van der Waals surface area contributed by atoms with Crippen LogP contribution in [0.3, 0.4) is 0 Å². The van der Waals surface area contributed by atoms with Crippen LogP contribution in [0.25, 0.3) is 11.5 Å². The largest absolute Gasteiger partial charge is 0.419 e. The van der Waals surface area contributed by atoms with Gasteiger partial charge in [0.15, 0.2) is 0 Å². The molecule has 0 spiro atoms. The Kier molecular flexibility index (Phi) is 4.56. The van der Waals surface area contributed by atoms with E-state index in [0.29, 0.717) is 17.3 Å². The highest BCUT2D eigenvalue weighted by Crippen LogP contribution is 2.20. The highest BCUT2D eigenvalue weighted by molar-refractivity contribution is 5.80. The van der Waals surface area contributed by atoms with E-state index in [2.05, 4.69) is 15.5 Å². The number of carbonyl (C=O) groups excluding carboxylic acids is 1. The number of halogens is 1. The molecule has 2 aromatic rings. The monoisotopic (exact) mass is 306 g/mol. The summed E-state index contributed by atoms with van der Waals surface area (Å²) in [6.45, 7) is 5.95. The third-order valence-corrected chi connectivity index (χ3v) is 3.17. The van der Waals surface area contributed by atoms with Crippen molar-refractivity contribution >= 4 is 5.91 Å². The van der Waals surface area contributed by atoms with E-state index in [1.54, 1.807) is 12.1 Å². The van der Waals surface area contributed by atoms with Crippen LogP contribution in [-0.2, 0) is 11.3 Å². The van der Waals surface area contributed by atoms with Crippen molar-refractivity contribution in [2.75, 3.05) is 0 Å². The second kappa shape index (κ2) is 6.23. The minimum atomic E-state index is -0.520. The van der Waals surface area contributed by atoms with Crippen LogP contribution in [0.15, 0.2) is 28.7 Å². The van der Waals surface area contributed by atoms with E-state index in [-0.39, 0.29) is 17.8 Å². The van der Waals surface area contributed by atoms with E-state index in [1.165, 1.54) is 12.1 Å². The number of nitrogens with zero attached hydrogens (tertiary/aromatic N) is 2. The van der Waals surface area contributed by atoms with E-state index >= 15 is 0 Å². The molecule has 22 heavy (non-hydrogen) atoms. The molecule has 0 saturated carbocycles. The number of nitrogens with one attached hydrogen (secondary N) is 1. The molecule has 1 amide bonds. The zero-order valence-corrected chi connectivity index (χ0v) is 12.8. The van der Waals surface area contributed by atoms with Crippen LogP contribution in [0, 0.1) is 11.2 Å². The van der Waals surface area contributed by atoms with E-state index in [1.807, 2.05) is 20.8 Å². The van der Waals surface area contributed by atoms with Gasteiger partial charge < -0.3 is 10.2 Å². The van der Waals surface area contributed by atoms with E-state index in [9.17, 15) is 9.18 Å². The lowest BCUT2D eigenvalue weighted by Crippen LogP contribution is -2.49. The van der Waals surface area contributed by atoms with Gasteiger partial charge in [0.25, 0.3) is 0 Å². The molecule has 3 N–H and O–H groups in total. The Bertz CT molecular complexity index is 646. The highest BCUT2D eigenvalue weighted by atomic mass is 19.1. The van der Waals surface area contributed by atoms with E-state index in [4.69, 9.17) is 10.2 Å². The summed E-state index contributed by atoms with van der Waals surface area (Å²) >= 11 is 0. The second-order valence-electron chi connectivity index (χ2n) is 6.09. The Hall–Kier alpha value is -2.28. The Balaban J connectivity index is 2.06. The topological polar surface area (TPSA) is 94.0 Å². The van der Waals surface area contributed by atoms with Gasteiger partial charge in [-0.25, -0.2) is 4.39 Å². The summed E-state index contributed by atoms with van der Waals surface area (Å²) in [5.74, 6) is -0.150. The van der Waals surface area contributed by atoms with Gasteiger partial charge in [-0.1, -0.05) is 20.8 Å². The van der Waals surface area contributed by atoms with Gasteiger partial charge in [0.1, 0.15) is 5.82 Å². The Morgan fingerprint density at radius 3 is 2.50 bits per heavy atom. The summed E-state index contributed by atoms with van der Waals surface area (Å²) in [6.07, 6.45) is 0. The van der Waals surface area contributed by atoms with Gasteiger partial charge in [-0.2, -0.15) is 0 Å². The van der Waals surface area contributed by atoms with Crippen molar-refractivity contribution in [2.45, 2.75) is 33.4 Å². The molecule has 1 aromatic heterocycles. The molecule has 0 aliphatic rings. The number of primary amides is 1. The highest BCUT2D eigenvalue weighted by Gasteiger charge is 2.29. The number of hydrogen-bond acceptors (Lipinski definition) is 5. The molecule has 0 bridgehead atoms. The first-order valence-electron chi connectivity index (χ1n) is 6.88. The van der Waals surface area contributed by atoms with Crippen LogP contribution in [0.4, 0.5) is 4.39 Å². The molecule has 118 valence electrons. The summed E-state index contributed by atoms with van der Waals surface area (Å²) in [5.41, 5.74) is 5.69. The maximum atomic E-state index is 12.9. The third-order valence-electron chi connectivity index (χ3n) is 3.17. The lowest BCUT2D eigenvalue weighted by molar-refractivity contribution is -0.122. The molecule has 0 aliphatic carbocycles. The van der Waals surface area contributed by atoms with Crippen molar-refractivity contribution in [3.63, 3.8) is 0 Å². The quantitative estimate of drug-likeness (QED) is 0.879. The van der Waals surface area contributed by atoms with Crippen LogP contribution in [0.5, 0.6) is 0 Å². The van der Waals surface area contributed by atoms with Gasteiger partial charge in [-0.15, -0.1) is 10.2 Å². The first-order valence-corrected chi connectivity index (χ1v) is 6.88. The van der Waals surface area contributed by atoms with Crippen LogP contribution in [0.2, 0.25) is 0 Å². The van der Waals surface area contributed by atoms with Crippen molar-refractivity contribution in [2.24, 2.45) is 11.1 Å². The molecule has 0 fully saturated rings. The van der Waals surface area contributed by atoms with Crippen molar-refractivity contribution in [3.05, 3.63) is 36.0 Å². The Morgan fingerprint density at radius 2 is 1.95 bits per heavy atom. The molecule has 6 nitrogen and oxygen atoms in total. The zero-order valence-electron chi connectivity index (χ0n) is 12.8. The average molecular weight is 306 g/mol. The van der Waals surface area contributed by atoms with Gasteiger partial charge in [0.05, 0.1) is 12.6 Å². The van der Waals surface area contributed by atoms with Crippen LogP contribution < -0.4 is 11.1 Å². The fraction of sp³-hybridized carbons (Fsp3) is 0.400. The predicted octanol–water partition coefficient (Wildman–Crippen LogP) is 1.87. The maximum absolute atomic E-state index is 12.9. The molecule has 0 radical (unpaired) electrons. The molecule has 0 aliphatic heterocycles. The molecule has 1 heterocycles. The lowest BCUT2D eigenvalue weighted by Gasteiger charge is -2.28. The van der Waals surface area contributed by atoms with Crippen LogP contribution in [-0.4, -0.2) is 22.1 Å². The fourth-order valence-corrected chi connectivity index (χ4v) is 2.06. The minimum Gasteiger partial charge on any atom is -0.419 e. The SMILES string of the molecule is CC(C)(C)[C@H](NCc1nnc(-c2ccc(F)cc2)o1)C(N)=O. The number of rotatable bonds is 5. The molecule has 7 heteroatoms. The number of nitrogens with two attached hydrogens (primary N) is 1. The van der Waals surface area contributed by atoms with Crippen LogP contribution >= 0.6 is 0 Å². The molecule has 2 rings (SSSR count). The number of hydrogen-bond donors (Lipinski definition) is 2. The lowest BCUT2D eigenvalue weighted by atomic mass is 9.86. The first kappa shape index (κ1) is 16.1. The summed E-state index contributed by atoms with van der Waals surface area (Å²) in [4.78, 5) is 11.5. The van der Waals surface area contributed by atoms with Gasteiger partial charge in [-0.05, 0) is 29.7 Å². The van der Waals surface area contributed by atoms with E-state index < -0.39 is 11.9 Å². The summed E-state index contributed by atoms with van der Waals surface area (Å²) in [6, 6.07) is 5.23. The van der Waals surface area contributed by atoms with Gasteiger partial charge in [0.2, 0.25) is 17.7 Å². The summed E-state index contributed by atoms with van der Waals surface area (Å²) < 4.78 is 18.4. The average Bonchev–Trinajstić information content (AvgIpc) is 2.86. The Labute approximate surface area is 127 Å². The summed E-state index contributed by atoms with van der Waals surface area (Å²) in [7, 11) is 0. The number of amides is 1. The van der Waals surface area contributed by atoms with Crippen molar-refractivity contribution in [3.8, 4) is 11.5 Å². The molecular weight excluding hydrogens is 287 g/mol. The molecular formula is C15H19FN4O2. The standard InChI is InChI=1S/C15H19FN4O2/c1-15(2,3)12(13(17)21)18-8-11-19-20-14(22-11)9-4-6-10(16)7-5-9/h4-7,12,18H,8H2,1-3H3,(H2,17,21)/t12-/m1/s1. The van der Waals surface area contributed by atoms with Crippen molar-refractivity contribution in [1.29, 1.82) is 0 Å².